The number of ether oxygens (including phenoxy) is 1. The highest BCUT2D eigenvalue weighted by Gasteiger charge is 2.48. The summed E-state index contributed by atoms with van der Waals surface area (Å²) in [7, 11) is 0. The van der Waals surface area contributed by atoms with E-state index < -0.39 is 17.5 Å². The molecule has 5 heterocycles. The minimum absolute atomic E-state index is 0.0718. The van der Waals surface area contributed by atoms with Crippen molar-refractivity contribution in [1.82, 2.24) is 35.1 Å². The zero-order valence-corrected chi connectivity index (χ0v) is 17.5. The van der Waals surface area contributed by atoms with Crippen molar-refractivity contribution >= 4 is 18.1 Å². The summed E-state index contributed by atoms with van der Waals surface area (Å²) in [5, 5.41) is 27.2. The van der Waals surface area contributed by atoms with Crippen LogP contribution in [0.3, 0.4) is 0 Å². The van der Waals surface area contributed by atoms with Gasteiger partial charge in [0.15, 0.2) is 5.82 Å². The molecule has 32 heavy (non-hydrogen) atoms. The van der Waals surface area contributed by atoms with Crippen molar-refractivity contribution in [3.8, 4) is 5.82 Å². The molecule has 0 unspecified atom stereocenters. The Morgan fingerprint density at radius 2 is 2.06 bits per heavy atom. The molecule has 1 saturated heterocycles. The molecule has 1 amide bonds. The number of amides is 1. The van der Waals surface area contributed by atoms with E-state index in [4.69, 9.17) is 4.74 Å². The van der Waals surface area contributed by atoms with Crippen molar-refractivity contribution < 1.29 is 19.4 Å². The van der Waals surface area contributed by atoms with Gasteiger partial charge in [-0.1, -0.05) is 6.07 Å². The number of carbonyl (C=O) groups excluding carboxylic acids is 2. The van der Waals surface area contributed by atoms with Gasteiger partial charge in [0.1, 0.15) is 12.9 Å². The van der Waals surface area contributed by atoms with Crippen molar-refractivity contribution in [2.45, 2.75) is 25.9 Å². The summed E-state index contributed by atoms with van der Waals surface area (Å²) in [6.07, 6.45) is 5.24. The van der Waals surface area contributed by atoms with Crippen LogP contribution in [0.5, 0.6) is 0 Å². The third-order valence-electron chi connectivity index (χ3n) is 6.29. The minimum atomic E-state index is -0.710. The fourth-order valence-corrected chi connectivity index (χ4v) is 4.19. The molecule has 2 aromatic heterocycles. The fourth-order valence-electron chi connectivity index (χ4n) is 4.19. The summed E-state index contributed by atoms with van der Waals surface area (Å²) in [6, 6.07) is 3.54. The van der Waals surface area contributed by atoms with Crippen molar-refractivity contribution in [2.75, 3.05) is 26.2 Å². The number of cyclic esters (lactones) is 1. The molecule has 3 aliphatic heterocycles. The summed E-state index contributed by atoms with van der Waals surface area (Å²) in [4.78, 5) is 31.2. The molecule has 1 spiro atoms. The van der Waals surface area contributed by atoms with E-state index in [-0.39, 0.29) is 12.5 Å². The van der Waals surface area contributed by atoms with E-state index in [1.54, 1.807) is 31.5 Å². The van der Waals surface area contributed by atoms with Gasteiger partial charge < -0.3 is 14.7 Å². The smallest absolute Gasteiger partial charge is 0.336 e. The first-order chi connectivity index (χ1) is 15.5. The molecule has 1 atom stereocenters. The third kappa shape index (κ3) is 3.46. The Labute approximate surface area is 183 Å². The number of tetrazole rings is 1. The van der Waals surface area contributed by atoms with Crippen LogP contribution in [0, 0.1) is 5.41 Å². The fraction of sp³-hybridized carbons (Fsp3) is 0.450. The maximum Gasteiger partial charge on any atom is 0.336 e. The van der Waals surface area contributed by atoms with Gasteiger partial charge in [0, 0.05) is 24.5 Å². The standard InChI is InChI=1S/C20H22N8O4/c1-13-15(10-32-18(13)30)28-19(31)20(11-23-28)4-6-26(7-5-20)9-16(29)14-2-3-17(21-8-14)27-12-22-24-25-27/h2-3,8,11-12,16,29H,4-7,9-10H2,1H3/t16-/m0/s1. The molecule has 0 radical (unpaired) electrons. The second-order valence-corrected chi connectivity index (χ2v) is 8.19. The molecule has 0 aromatic carbocycles. The summed E-state index contributed by atoms with van der Waals surface area (Å²) in [6.45, 7) is 3.44. The first-order valence-corrected chi connectivity index (χ1v) is 10.3. The lowest BCUT2D eigenvalue weighted by Crippen LogP contribution is -2.47. The molecular formula is C20H22N8O4. The Hall–Kier alpha value is -3.51. The topological polar surface area (TPSA) is 139 Å². The van der Waals surface area contributed by atoms with Crippen molar-refractivity contribution in [1.29, 1.82) is 0 Å². The minimum Gasteiger partial charge on any atom is -0.456 e. The van der Waals surface area contributed by atoms with Gasteiger partial charge in [-0.3, -0.25) is 4.79 Å². The maximum absolute atomic E-state index is 13.1. The first-order valence-electron chi connectivity index (χ1n) is 10.3. The van der Waals surface area contributed by atoms with E-state index in [1.807, 2.05) is 0 Å². The Kier molecular flexibility index (Phi) is 5.02. The van der Waals surface area contributed by atoms with E-state index in [1.165, 1.54) is 16.0 Å². The summed E-state index contributed by atoms with van der Waals surface area (Å²) in [5.74, 6) is 0.0372. The summed E-state index contributed by atoms with van der Waals surface area (Å²) in [5.41, 5.74) is 0.964. The monoisotopic (exact) mass is 438 g/mol. The number of rotatable bonds is 5. The highest BCUT2D eigenvalue weighted by atomic mass is 16.5. The molecular weight excluding hydrogens is 416 g/mol. The van der Waals surface area contributed by atoms with E-state index in [0.717, 1.165) is 0 Å². The average Bonchev–Trinajstić information content (AvgIpc) is 3.53. The summed E-state index contributed by atoms with van der Waals surface area (Å²) >= 11 is 0. The largest absolute Gasteiger partial charge is 0.456 e. The molecule has 0 saturated carbocycles. The van der Waals surface area contributed by atoms with Gasteiger partial charge in [0.2, 0.25) is 0 Å². The van der Waals surface area contributed by atoms with E-state index in [0.29, 0.717) is 55.1 Å². The number of aliphatic hydroxyl groups is 1. The van der Waals surface area contributed by atoms with Crippen LogP contribution in [0.1, 0.15) is 31.4 Å². The van der Waals surface area contributed by atoms with Crippen LogP contribution in [0.15, 0.2) is 41.0 Å². The quantitative estimate of drug-likeness (QED) is 0.630. The number of β-amino-alcohol motifs (C(OH)–C–C–N with tert-alkyl or cyclic N) is 1. The Morgan fingerprint density at radius 3 is 2.69 bits per heavy atom. The number of aliphatic hydroxyl groups excluding tert-OH is 1. The second kappa shape index (κ2) is 7.88. The van der Waals surface area contributed by atoms with Crippen LogP contribution < -0.4 is 0 Å². The highest BCUT2D eigenvalue weighted by molar-refractivity contribution is 6.04. The highest BCUT2D eigenvalue weighted by Crippen LogP contribution is 2.38. The number of hydrogen-bond acceptors (Lipinski definition) is 10. The lowest BCUT2D eigenvalue weighted by Gasteiger charge is -2.37. The SMILES string of the molecule is CC1=C(N2N=CC3(CCN(C[C@H](O)c4ccc(-n5cnnn5)nc4)CC3)C2=O)COC1=O. The molecule has 12 heteroatoms. The molecule has 2 aromatic rings. The molecule has 5 rings (SSSR count). The second-order valence-electron chi connectivity index (χ2n) is 8.19. The van der Waals surface area contributed by atoms with Gasteiger partial charge in [-0.15, -0.1) is 5.10 Å². The van der Waals surface area contributed by atoms with Gasteiger partial charge in [-0.25, -0.2) is 14.8 Å². The number of pyridine rings is 1. The Morgan fingerprint density at radius 1 is 1.25 bits per heavy atom. The van der Waals surface area contributed by atoms with E-state index in [9.17, 15) is 14.7 Å². The summed E-state index contributed by atoms with van der Waals surface area (Å²) < 4.78 is 6.45. The van der Waals surface area contributed by atoms with E-state index >= 15 is 0 Å². The molecule has 0 aliphatic carbocycles. The zero-order valence-electron chi connectivity index (χ0n) is 17.5. The number of hydrogen-bond donors (Lipinski definition) is 1. The lowest BCUT2D eigenvalue weighted by atomic mass is 9.79. The van der Waals surface area contributed by atoms with Gasteiger partial charge in [0.25, 0.3) is 5.91 Å². The molecule has 0 bridgehead atoms. The molecule has 12 nitrogen and oxygen atoms in total. The van der Waals surface area contributed by atoms with Crippen LogP contribution >= 0.6 is 0 Å². The van der Waals surface area contributed by atoms with Crippen LogP contribution in [0.4, 0.5) is 0 Å². The van der Waals surface area contributed by atoms with Gasteiger partial charge in [-0.2, -0.15) is 9.78 Å². The number of likely N-dealkylation sites (tertiary alicyclic amines) is 1. The number of nitrogens with zero attached hydrogens (tertiary/aromatic N) is 8. The normalized spacial score (nSPS) is 21.6. The molecule has 166 valence electrons. The van der Waals surface area contributed by atoms with Crippen molar-refractivity contribution in [3.05, 3.63) is 41.5 Å². The third-order valence-corrected chi connectivity index (χ3v) is 6.29. The van der Waals surface area contributed by atoms with Crippen molar-refractivity contribution in [3.63, 3.8) is 0 Å². The predicted octanol–water partition coefficient (Wildman–Crippen LogP) is -0.168. The van der Waals surface area contributed by atoms with Crippen LogP contribution in [0.25, 0.3) is 5.82 Å². The molecule has 1 N–H and O–H groups in total. The first kappa shape index (κ1) is 20.4. The number of carbonyl (C=O) groups is 2. The Bertz CT molecular complexity index is 1090. The van der Waals surface area contributed by atoms with Crippen LogP contribution in [0.2, 0.25) is 0 Å². The van der Waals surface area contributed by atoms with Gasteiger partial charge in [-0.05, 0) is 49.3 Å². The van der Waals surface area contributed by atoms with Gasteiger partial charge in [0.05, 0.1) is 22.8 Å². The predicted molar refractivity (Wildman–Crippen MR) is 109 cm³/mol. The maximum atomic E-state index is 13.1. The molecule has 3 aliphatic rings. The average molecular weight is 438 g/mol. The molecule has 1 fully saturated rings. The number of piperidine rings is 1. The van der Waals surface area contributed by atoms with E-state index in [2.05, 4.69) is 30.5 Å². The number of esters is 1. The zero-order chi connectivity index (χ0) is 22.3. The van der Waals surface area contributed by atoms with Crippen LogP contribution in [-0.4, -0.2) is 84.5 Å². The van der Waals surface area contributed by atoms with Gasteiger partial charge >= 0.3 is 5.97 Å². The number of aromatic nitrogens is 5. The van der Waals surface area contributed by atoms with Crippen LogP contribution in [-0.2, 0) is 14.3 Å². The Balaban J connectivity index is 1.19. The van der Waals surface area contributed by atoms with Crippen molar-refractivity contribution in [2.24, 2.45) is 10.5 Å². The number of hydrazone groups is 1. The lowest BCUT2D eigenvalue weighted by molar-refractivity contribution is -0.138.